The van der Waals surface area contributed by atoms with Gasteiger partial charge < -0.3 is 40.1 Å². The molecule has 0 saturated carbocycles. The first-order valence-corrected chi connectivity index (χ1v) is 13.2. The minimum atomic E-state index is -2.06. The molecule has 1 aliphatic rings. The summed E-state index contributed by atoms with van der Waals surface area (Å²) in [4.78, 5) is 44.4. The molecule has 0 aromatic carbocycles. The molecular weight excluding hydrogens is 536 g/mol. The highest BCUT2D eigenvalue weighted by molar-refractivity contribution is 5.99. The fourth-order valence-electron chi connectivity index (χ4n) is 4.07. The molecule has 41 heavy (non-hydrogen) atoms. The third-order valence-electron chi connectivity index (χ3n) is 5.99. The summed E-state index contributed by atoms with van der Waals surface area (Å²) in [6.07, 6.45) is -4.36. The van der Waals surface area contributed by atoms with Crippen molar-refractivity contribution in [2.24, 2.45) is 22.6 Å². The first-order chi connectivity index (χ1) is 19.0. The lowest BCUT2D eigenvalue weighted by atomic mass is 9.92. The largest absolute Gasteiger partial charge is 0.461 e. The van der Waals surface area contributed by atoms with Crippen LogP contribution in [0.2, 0.25) is 0 Å². The number of aliphatic hydroxyl groups is 1. The number of nitrogens with zero attached hydrogens (tertiary/aromatic N) is 2. The lowest BCUT2D eigenvalue weighted by Crippen LogP contribution is -2.48. The lowest BCUT2D eigenvalue weighted by molar-refractivity contribution is -0.162. The summed E-state index contributed by atoms with van der Waals surface area (Å²) in [6, 6.07) is 3.78. The molecule has 226 valence electrons. The molecule has 1 fully saturated rings. The summed E-state index contributed by atoms with van der Waals surface area (Å²) in [5.41, 5.74) is 3.31. The number of rotatable bonds is 11. The number of carbonyl (C=O) groups is 3. The Morgan fingerprint density at radius 3 is 2.51 bits per heavy atom. The number of alkyl carbamates (subject to hydrolysis) is 1. The van der Waals surface area contributed by atoms with E-state index in [9.17, 15) is 24.8 Å². The molecule has 2 rings (SSSR count). The van der Waals surface area contributed by atoms with Crippen LogP contribution in [0.3, 0.4) is 0 Å². The smallest absolute Gasteiger partial charge is 0.408 e. The van der Waals surface area contributed by atoms with Gasteiger partial charge in [0.15, 0.2) is 6.10 Å². The topological polar surface area (TPSA) is 222 Å². The molecule has 1 aliphatic heterocycles. The van der Waals surface area contributed by atoms with E-state index in [0.717, 1.165) is 6.34 Å². The Balaban J connectivity index is 2.33. The van der Waals surface area contributed by atoms with Crippen molar-refractivity contribution in [2.75, 3.05) is 6.61 Å². The summed E-state index contributed by atoms with van der Waals surface area (Å²) in [7, 11) is 0. The van der Waals surface area contributed by atoms with E-state index in [1.165, 1.54) is 12.1 Å². The summed E-state index contributed by atoms with van der Waals surface area (Å²) in [6.45, 7) is 11.6. The Hall–Kier alpha value is -3.96. The van der Waals surface area contributed by atoms with E-state index in [-0.39, 0.29) is 35.5 Å². The minimum Gasteiger partial charge on any atom is -0.461 e. The van der Waals surface area contributed by atoms with Crippen LogP contribution < -0.4 is 11.1 Å². The standard InChI is InChI=1S/C27H40N6O8/c1-14(2)10-19(34)39-21-17(11-38-24(36)20(15(3)4)33-25(37)41-26(5,6)7)40-27(12-28,22(21)35)18-9-8-16(32-18)23(30)31-13-29/h8-9,13-15,17,20-22,32,35H,10-11H2,1-7H3,(H,33,37)(H3,29,30,31)/t17-,20+,21-,22-,27+/m1/s1. The number of ether oxygens (including phenoxy) is 4. The first kappa shape index (κ1) is 33.2. The van der Waals surface area contributed by atoms with Gasteiger partial charge in [-0.05, 0) is 44.7 Å². The number of hydrogen-bond donors (Lipinski definition) is 5. The Morgan fingerprint density at radius 2 is 1.98 bits per heavy atom. The molecule has 14 heteroatoms. The van der Waals surface area contributed by atoms with Gasteiger partial charge in [-0.1, -0.05) is 27.7 Å². The maximum absolute atomic E-state index is 13.0. The van der Waals surface area contributed by atoms with Crippen molar-refractivity contribution in [3.05, 3.63) is 23.5 Å². The number of nitriles is 1. The van der Waals surface area contributed by atoms with E-state index in [1.807, 2.05) is 19.9 Å². The van der Waals surface area contributed by atoms with E-state index in [0.29, 0.717) is 0 Å². The van der Waals surface area contributed by atoms with Crippen LogP contribution >= 0.6 is 0 Å². The maximum Gasteiger partial charge on any atom is 0.408 e. The van der Waals surface area contributed by atoms with Gasteiger partial charge >= 0.3 is 18.0 Å². The lowest BCUT2D eigenvalue weighted by Gasteiger charge is -2.25. The van der Waals surface area contributed by atoms with Crippen molar-refractivity contribution in [3.63, 3.8) is 0 Å². The molecule has 0 spiro atoms. The summed E-state index contributed by atoms with van der Waals surface area (Å²) in [5, 5.41) is 31.1. The average molecular weight is 577 g/mol. The molecule has 1 aromatic rings. The summed E-state index contributed by atoms with van der Waals surface area (Å²) in [5.74, 6) is -1.93. The highest BCUT2D eigenvalue weighted by atomic mass is 16.6. The number of carbonyl (C=O) groups excluding carboxylic acids is 3. The fraction of sp³-hybridized carbons (Fsp3) is 0.630. The Labute approximate surface area is 239 Å². The van der Waals surface area contributed by atoms with Crippen LogP contribution in [-0.2, 0) is 34.1 Å². The van der Waals surface area contributed by atoms with E-state index in [2.05, 4.69) is 15.3 Å². The van der Waals surface area contributed by atoms with Gasteiger partial charge in [-0.15, -0.1) is 0 Å². The molecule has 6 N–H and O–H groups in total. The molecule has 14 nitrogen and oxygen atoms in total. The van der Waals surface area contributed by atoms with Gasteiger partial charge in [0.05, 0.1) is 11.4 Å². The number of esters is 2. The number of nitrogens with one attached hydrogen (secondary N) is 3. The number of amidine groups is 1. The van der Waals surface area contributed by atoms with Gasteiger partial charge in [0.25, 0.3) is 0 Å². The molecule has 0 unspecified atom stereocenters. The Kier molecular flexibility index (Phi) is 11.0. The highest BCUT2D eigenvalue weighted by Gasteiger charge is 2.59. The average Bonchev–Trinajstić information content (AvgIpc) is 3.44. The van der Waals surface area contributed by atoms with E-state index >= 15 is 0 Å². The number of aliphatic imine (C=N–C) groups is 1. The number of amides is 1. The summed E-state index contributed by atoms with van der Waals surface area (Å²) >= 11 is 0. The zero-order valence-corrected chi connectivity index (χ0v) is 24.4. The molecule has 0 radical (unpaired) electrons. The molecule has 1 saturated heterocycles. The second kappa shape index (κ2) is 13.6. The van der Waals surface area contributed by atoms with Crippen molar-refractivity contribution in [1.82, 2.24) is 10.3 Å². The molecule has 2 heterocycles. The van der Waals surface area contributed by atoms with Crippen LogP contribution in [-0.4, -0.2) is 76.9 Å². The Morgan fingerprint density at radius 1 is 1.32 bits per heavy atom. The van der Waals surface area contributed by atoms with Gasteiger partial charge in [0.1, 0.15) is 48.7 Å². The fourth-order valence-corrected chi connectivity index (χ4v) is 4.07. The molecule has 5 atom stereocenters. The third kappa shape index (κ3) is 8.51. The predicted octanol–water partition coefficient (Wildman–Crippen LogP) is 1.86. The van der Waals surface area contributed by atoms with Crippen molar-refractivity contribution < 1.29 is 38.4 Å². The van der Waals surface area contributed by atoms with Gasteiger partial charge in [0, 0.05) is 6.42 Å². The number of aromatic amines is 1. The normalized spacial score (nSPS) is 23.5. The Bertz CT molecular complexity index is 1180. The molecule has 1 aromatic heterocycles. The van der Waals surface area contributed by atoms with Crippen molar-refractivity contribution in [1.29, 1.82) is 10.7 Å². The van der Waals surface area contributed by atoms with Crippen LogP contribution in [0.5, 0.6) is 0 Å². The molecule has 1 amide bonds. The number of hydrogen-bond acceptors (Lipinski definition) is 10. The molecule has 0 bridgehead atoms. The number of aliphatic hydroxyl groups excluding tert-OH is 1. The van der Waals surface area contributed by atoms with Crippen LogP contribution in [0.1, 0.15) is 66.3 Å². The van der Waals surface area contributed by atoms with Crippen LogP contribution in [0.25, 0.3) is 0 Å². The quantitative estimate of drug-likeness (QED) is 0.111. The van der Waals surface area contributed by atoms with Crippen molar-refractivity contribution >= 4 is 30.2 Å². The first-order valence-electron chi connectivity index (χ1n) is 13.2. The maximum atomic E-state index is 13.0. The number of aromatic nitrogens is 1. The van der Waals surface area contributed by atoms with Crippen LogP contribution in [0.15, 0.2) is 17.1 Å². The minimum absolute atomic E-state index is 0.0355. The summed E-state index contributed by atoms with van der Waals surface area (Å²) < 4.78 is 22.2. The van der Waals surface area contributed by atoms with E-state index in [1.54, 1.807) is 34.6 Å². The second-order valence-electron chi connectivity index (χ2n) is 11.4. The molecule has 0 aliphatic carbocycles. The predicted molar refractivity (Wildman–Crippen MR) is 147 cm³/mol. The SMILES string of the molecule is CC(C)CC(=O)O[C@H]1[C@@H](O)[C@](C#N)(c2ccc(C(N)=NC=N)[nH]2)O[C@@H]1COC(=O)[C@@H](NC(=O)OC(C)(C)C)C(C)C. The highest BCUT2D eigenvalue weighted by Crippen LogP contribution is 2.41. The van der Waals surface area contributed by atoms with Gasteiger partial charge in [-0.25, -0.2) is 14.6 Å². The van der Waals surface area contributed by atoms with E-state index in [4.69, 9.17) is 30.1 Å². The van der Waals surface area contributed by atoms with Crippen molar-refractivity contribution in [2.45, 2.75) is 90.4 Å². The van der Waals surface area contributed by atoms with Crippen LogP contribution in [0, 0.1) is 28.6 Å². The number of nitrogens with two attached hydrogens (primary N) is 1. The monoisotopic (exact) mass is 576 g/mol. The van der Waals surface area contributed by atoms with E-state index < -0.39 is 60.2 Å². The zero-order chi connectivity index (χ0) is 31.1. The molecular formula is C27H40N6O8. The third-order valence-corrected chi connectivity index (χ3v) is 5.99. The van der Waals surface area contributed by atoms with Gasteiger partial charge in [0.2, 0.25) is 5.60 Å². The zero-order valence-electron chi connectivity index (χ0n) is 24.4. The van der Waals surface area contributed by atoms with Gasteiger partial charge in [-0.2, -0.15) is 5.26 Å². The second-order valence-corrected chi connectivity index (χ2v) is 11.4. The van der Waals surface area contributed by atoms with Crippen LogP contribution in [0.4, 0.5) is 4.79 Å². The number of H-pyrrole nitrogens is 1. The van der Waals surface area contributed by atoms with Gasteiger partial charge in [-0.3, -0.25) is 10.2 Å². The van der Waals surface area contributed by atoms with Crippen molar-refractivity contribution in [3.8, 4) is 6.07 Å².